The Morgan fingerprint density at radius 2 is 1.94 bits per heavy atom. The number of hydrogen-bond donors (Lipinski definition) is 2. The Morgan fingerprint density at radius 3 is 2.56 bits per heavy atom. The Hall–Kier alpha value is -2.04. The molecule has 1 heterocycles. The van der Waals surface area contributed by atoms with Crippen LogP contribution in [0.25, 0.3) is 0 Å². The van der Waals surface area contributed by atoms with Crippen LogP contribution in [0, 0.1) is 0 Å². The first kappa shape index (κ1) is 10.5. The van der Waals surface area contributed by atoms with E-state index in [1.54, 1.807) is 0 Å². The molecule has 0 spiro atoms. The quantitative estimate of drug-likeness (QED) is 0.763. The van der Waals surface area contributed by atoms with Crippen molar-refractivity contribution in [3.05, 3.63) is 35.9 Å². The summed E-state index contributed by atoms with van der Waals surface area (Å²) in [4.78, 5) is 10.2. The van der Waals surface area contributed by atoms with Crippen molar-refractivity contribution < 1.29 is 0 Å². The maximum Gasteiger partial charge on any atom is 0.220 e. The van der Waals surface area contributed by atoms with Gasteiger partial charge in [-0.3, -0.25) is 0 Å². The molecule has 0 fully saturated rings. The highest BCUT2D eigenvalue weighted by molar-refractivity contribution is 5.95. The van der Waals surface area contributed by atoms with E-state index in [1.165, 1.54) is 0 Å². The van der Waals surface area contributed by atoms with Crippen LogP contribution in [0.2, 0.25) is 0 Å². The molecule has 0 radical (unpaired) electrons. The second kappa shape index (κ2) is 4.22. The fourth-order valence-corrected chi connectivity index (χ4v) is 1.75. The van der Waals surface area contributed by atoms with E-state index in [0.717, 1.165) is 12.1 Å². The lowest BCUT2D eigenvalue weighted by Crippen LogP contribution is -2.43. The molecule has 0 aromatic heterocycles. The first-order valence-corrected chi connectivity index (χ1v) is 5.21. The molecule has 5 nitrogen and oxygen atoms in total. The Morgan fingerprint density at radius 1 is 1.25 bits per heavy atom. The summed E-state index contributed by atoms with van der Waals surface area (Å²) in [5, 5.41) is 0. The van der Waals surface area contributed by atoms with Crippen molar-refractivity contribution in [3.8, 4) is 0 Å². The fourth-order valence-electron chi connectivity index (χ4n) is 1.75. The molecule has 5 heteroatoms. The zero-order chi connectivity index (χ0) is 11.5. The van der Waals surface area contributed by atoms with E-state index >= 15 is 0 Å². The monoisotopic (exact) mass is 217 g/mol. The minimum atomic E-state index is -0.163. The molecule has 1 aromatic carbocycles. The van der Waals surface area contributed by atoms with Crippen LogP contribution in [0.1, 0.15) is 18.7 Å². The number of benzene rings is 1. The minimum absolute atomic E-state index is 0.163. The highest BCUT2D eigenvalue weighted by Gasteiger charge is 2.23. The maximum atomic E-state index is 5.82. The van der Waals surface area contributed by atoms with Crippen LogP contribution in [0.3, 0.4) is 0 Å². The normalized spacial score (nSPS) is 20.3. The summed E-state index contributed by atoms with van der Waals surface area (Å²) in [6.07, 6.45) is -0.163. The average Bonchev–Trinajstić information content (AvgIpc) is 2.29. The number of aliphatic imine (C=N–C) groups is 2. The van der Waals surface area contributed by atoms with Gasteiger partial charge in [0.1, 0.15) is 0 Å². The van der Waals surface area contributed by atoms with Gasteiger partial charge in [0.2, 0.25) is 11.9 Å². The molecule has 1 aliphatic heterocycles. The predicted octanol–water partition coefficient (Wildman–Crippen LogP) is 0.650. The summed E-state index contributed by atoms with van der Waals surface area (Å²) in [6.45, 7) is 2.75. The standard InChI is InChI=1S/C11H15N5/c1-2-16-9(8-6-4-3-5-7-8)14-10(12)15-11(16)13/h3-7,9H,2H2,1H3,(H4,12,13,14,15)/t9-/m1/s1. The highest BCUT2D eigenvalue weighted by atomic mass is 15.4. The first-order chi connectivity index (χ1) is 7.72. The Labute approximate surface area is 94.5 Å². The number of nitrogens with two attached hydrogens (primary N) is 2. The summed E-state index contributed by atoms with van der Waals surface area (Å²) >= 11 is 0. The molecule has 0 saturated heterocycles. The zero-order valence-corrected chi connectivity index (χ0v) is 9.17. The zero-order valence-electron chi connectivity index (χ0n) is 9.17. The summed E-state index contributed by atoms with van der Waals surface area (Å²) < 4.78 is 0. The predicted molar refractivity (Wildman–Crippen MR) is 64.8 cm³/mol. The second-order valence-corrected chi connectivity index (χ2v) is 3.53. The van der Waals surface area contributed by atoms with Gasteiger partial charge in [0.05, 0.1) is 0 Å². The molecule has 0 bridgehead atoms. The van der Waals surface area contributed by atoms with Gasteiger partial charge >= 0.3 is 0 Å². The van der Waals surface area contributed by atoms with E-state index in [0.29, 0.717) is 5.96 Å². The molecule has 84 valence electrons. The van der Waals surface area contributed by atoms with Crippen LogP contribution in [-0.2, 0) is 0 Å². The molecule has 2 rings (SSSR count). The third kappa shape index (κ3) is 1.84. The van der Waals surface area contributed by atoms with E-state index in [9.17, 15) is 0 Å². The molecule has 0 unspecified atom stereocenters. The van der Waals surface area contributed by atoms with Crippen LogP contribution < -0.4 is 11.5 Å². The van der Waals surface area contributed by atoms with Crippen LogP contribution >= 0.6 is 0 Å². The van der Waals surface area contributed by atoms with Gasteiger partial charge in [-0.1, -0.05) is 30.3 Å². The number of nitrogens with zero attached hydrogens (tertiary/aromatic N) is 3. The van der Waals surface area contributed by atoms with Gasteiger partial charge in [0.25, 0.3) is 0 Å². The smallest absolute Gasteiger partial charge is 0.220 e. The van der Waals surface area contributed by atoms with Gasteiger partial charge in [-0.25, -0.2) is 4.99 Å². The van der Waals surface area contributed by atoms with Crippen LogP contribution in [0.5, 0.6) is 0 Å². The van der Waals surface area contributed by atoms with Crippen molar-refractivity contribution in [2.75, 3.05) is 6.54 Å². The number of rotatable bonds is 2. The van der Waals surface area contributed by atoms with E-state index in [2.05, 4.69) is 9.98 Å². The van der Waals surface area contributed by atoms with Gasteiger partial charge < -0.3 is 16.4 Å². The maximum absolute atomic E-state index is 5.82. The van der Waals surface area contributed by atoms with Crippen LogP contribution in [0.15, 0.2) is 40.3 Å². The van der Waals surface area contributed by atoms with E-state index in [1.807, 2.05) is 42.2 Å². The van der Waals surface area contributed by atoms with Crippen molar-refractivity contribution >= 4 is 11.9 Å². The largest absolute Gasteiger partial charge is 0.369 e. The topological polar surface area (TPSA) is 80.0 Å². The molecule has 1 atom stereocenters. The van der Waals surface area contributed by atoms with Crippen molar-refractivity contribution in [2.45, 2.75) is 13.1 Å². The SMILES string of the molecule is CCN1C(N)=NC(N)=N[C@H]1c1ccccc1. The Balaban J connectivity index is 2.37. The number of hydrogen-bond acceptors (Lipinski definition) is 5. The lowest BCUT2D eigenvalue weighted by molar-refractivity contribution is 0.331. The lowest BCUT2D eigenvalue weighted by Gasteiger charge is -2.31. The molecule has 16 heavy (non-hydrogen) atoms. The Kier molecular flexibility index (Phi) is 2.76. The van der Waals surface area contributed by atoms with Gasteiger partial charge in [0.15, 0.2) is 6.17 Å². The molecule has 1 aromatic rings. The highest BCUT2D eigenvalue weighted by Crippen LogP contribution is 2.23. The van der Waals surface area contributed by atoms with E-state index in [4.69, 9.17) is 11.5 Å². The van der Waals surface area contributed by atoms with Crippen molar-refractivity contribution in [1.82, 2.24) is 4.90 Å². The molecule has 1 aliphatic rings. The molecular weight excluding hydrogens is 202 g/mol. The summed E-state index contributed by atoms with van der Waals surface area (Å²) in [6, 6.07) is 9.91. The second-order valence-electron chi connectivity index (χ2n) is 3.53. The minimum Gasteiger partial charge on any atom is -0.369 e. The lowest BCUT2D eigenvalue weighted by atomic mass is 10.1. The molecule has 0 saturated carbocycles. The fraction of sp³-hybridized carbons (Fsp3) is 0.273. The third-order valence-electron chi connectivity index (χ3n) is 2.51. The van der Waals surface area contributed by atoms with Crippen molar-refractivity contribution in [2.24, 2.45) is 21.5 Å². The average molecular weight is 217 g/mol. The molecular formula is C11H15N5. The van der Waals surface area contributed by atoms with Crippen LogP contribution in [0.4, 0.5) is 0 Å². The molecule has 0 aliphatic carbocycles. The van der Waals surface area contributed by atoms with Gasteiger partial charge in [-0.05, 0) is 12.5 Å². The summed E-state index contributed by atoms with van der Waals surface area (Å²) in [7, 11) is 0. The van der Waals surface area contributed by atoms with Crippen molar-refractivity contribution in [1.29, 1.82) is 0 Å². The van der Waals surface area contributed by atoms with Gasteiger partial charge in [-0.2, -0.15) is 4.99 Å². The summed E-state index contributed by atoms with van der Waals surface area (Å²) in [5.41, 5.74) is 12.5. The van der Waals surface area contributed by atoms with Gasteiger partial charge in [-0.15, -0.1) is 0 Å². The van der Waals surface area contributed by atoms with Crippen LogP contribution in [-0.4, -0.2) is 23.4 Å². The van der Waals surface area contributed by atoms with Crippen molar-refractivity contribution in [3.63, 3.8) is 0 Å². The summed E-state index contributed by atoms with van der Waals surface area (Å²) in [5.74, 6) is 0.653. The van der Waals surface area contributed by atoms with E-state index < -0.39 is 0 Å². The number of guanidine groups is 2. The molecule has 0 amide bonds. The van der Waals surface area contributed by atoms with E-state index in [-0.39, 0.29) is 12.1 Å². The first-order valence-electron chi connectivity index (χ1n) is 5.21. The van der Waals surface area contributed by atoms with Gasteiger partial charge in [0, 0.05) is 6.54 Å². The third-order valence-corrected chi connectivity index (χ3v) is 2.51. The molecule has 4 N–H and O–H groups in total. The Bertz CT molecular complexity index is 423.